The van der Waals surface area contributed by atoms with Crippen LogP contribution in [0.1, 0.15) is 31.6 Å². The number of nitrogens with zero attached hydrogens (tertiary/aromatic N) is 4. The second kappa shape index (κ2) is 4.89. The van der Waals surface area contributed by atoms with E-state index in [4.69, 9.17) is 4.52 Å². The van der Waals surface area contributed by atoms with Gasteiger partial charge in [0.15, 0.2) is 0 Å². The van der Waals surface area contributed by atoms with E-state index in [1.165, 1.54) is 25.7 Å². The molecule has 2 aromatic rings. The Morgan fingerprint density at radius 2 is 2.28 bits per heavy atom. The van der Waals surface area contributed by atoms with Gasteiger partial charge in [-0.2, -0.15) is 4.98 Å². The van der Waals surface area contributed by atoms with Crippen LogP contribution >= 0.6 is 0 Å². The number of imidazole rings is 1. The molecule has 0 aromatic carbocycles. The minimum absolute atomic E-state index is 0.596. The molecule has 2 aromatic heterocycles. The van der Waals surface area contributed by atoms with Crippen LogP contribution in [0.2, 0.25) is 0 Å². The fourth-order valence-electron chi connectivity index (χ4n) is 2.36. The summed E-state index contributed by atoms with van der Waals surface area (Å²) in [7, 11) is 1.91. The summed E-state index contributed by atoms with van der Waals surface area (Å²) in [6.07, 6.45) is 8.61. The third-order valence-electron chi connectivity index (χ3n) is 3.41. The summed E-state index contributed by atoms with van der Waals surface area (Å²) in [5.74, 6) is 1.23. The Bertz CT molecular complexity index is 512. The maximum absolute atomic E-state index is 5.24. The Morgan fingerprint density at radius 1 is 1.44 bits per heavy atom. The molecule has 0 unspecified atom stereocenters. The van der Waals surface area contributed by atoms with Crippen molar-refractivity contribution < 1.29 is 4.52 Å². The summed E-state index contributed by atoms with van der Waals surface area (Å²) in [5, 5.41) is 7.43. The van der Waals surface area contributed by atoms with Crippen LogP contribution in [0, 0.1) is 0 Å². The summed E-state index contributed by atoms with van der Waals surface area (Å²) >= 11 is 0. The first kappa shape index (κ1) is 11.4. The van der Waals surface area contributed by atoms with Crippen molar-refractivity contribution in [2.24, 2.45) is 7.05 Å². The summed E-state index contributed by atoms with van der Waals surface area (Å²) in [5.41, 5.74) is 0.867. The molecule has 1 fully saturated rings. The summed E-state index contributed by atoms with van der Waals surface area (Å²) < 4.78 is 7.11. The Labute approximate surface area is 105 Å². The molecule has 1 N–H and O–H groups in total. The van der Waals surface area contributed by atoms with Gasteiger partial charge in [-0.15, -0.1) is 0 Å². The van der Waals surface area contributed by atoms with Crippen molar-refractivity contribution in [3.05, 3.63) is 18.4 Å². The second-order valence-electron chi connectivity index (χ2n) is 4.76. The molecule has 0 amide bonds. The number of aromatic nitrogens is 4. The van der Waals surface area contributed by atoms with E-state index >= 15 is 0 Å². The van der Waals surface area contributed by atoms with E-state index in [1.807, 2.05) is 11.6 Å². The first-order valence-electron chi connectivity index (χ1n) is 6.35. The van der Waals surface area contributed by atoms with Gasteiger partial charge in [0.25, 0.3) is 0 Å². The highest BCUT2D eigenvalue weighted by Crippen LogP contribution is 2.18. The third-order valence-corrected chi connectivity index (χ3v) is 3.41. The van der Waals surface area contributed by atoms with Crippen LogP contribution in [0.5, 0.6) is 0 Å². The fraction of sp³-hybridized carbons (Fsp3) is 0.583. The molecule has 0 spiro atoms. The molecule has 0 atom stereocenters. The monoisotopic (exact) mass is 247 g/mol. The molecule has 1 aliphatic rings. The van der Waals surface area contributed by atoms with Crippen LogP contribution in [0.4, 0.5) is 0 Å². The van der Waals surface area contributed by atoms with Crippen LogP contribution in [-0.2, 0) is 13.6 Å². The molecule has 3 rings (SSSR count). The van der Waals surface area contributed by atoms with E-state index in [1.54, 1.807) is 12.5 Å². The standard InChI is InChI=1S/C12H17N5O/c1-17-8-13-6-10(17)12-15-11(18-16-12)7-14-9-4-2-3-5-9/h6,8-9,14H,2-5,7H2,1H3. The highest BCUT2D eigenvalue weighted by molar-refractivity contribution is 5.46. The maximum Gasteiger partial charge on any atom is 0.240 e. The SMILES string of the molecule is Cn1cncc1-c1noc(CNC2CCCC2)n1. The number of aryl methyl sites for hydroxylation is 1. The molecule has 1 aliphatic carbocycles. The van der Waals surface area contributed by atoms with Crippen molar-refractivity contribution in [2.45, 2.75) is 38.3 Å². The van der Waals surface area contributed by atoms with Gasteiger partial charge in [-0.1, -0.05) is 18.0 Å². The van der Waals surface area contributed by atoms with Crippen LogP contribution in [0.15, 0.2) is 17.0 Å². The predicted molar refractivity (Wildman–Crippen MR) is 65.6 cm³/mol. The second-order valence-corrected chi connectivity index (χ2v) is 4.76. The molecule has 2 heterocycles. The number of nitrogens with one attached hydrogen (secondary N) is 1. The fourth-order valence-corrected chi connectivity index (χ4v) is 2.36. The number of rotatable bonds is 4. The van der Waals surface area contributed by atoms with Crippen LogP contribution < -0.4 is 5.32 Å². The molecular weight excluding hydrogens is 230 g/mol. The molecule has 18 heavy (non-hydrogen) atoms. The van der Waals surface area contributed by atoms with Gasteiger partial charge < -0.3 is 14.4 Å². The van der Waals surface area contributed by atoms with Crippen molar-refractivity contribution >= 4 is 0 Å². The Kier molecular flexibility index (Phi) is 3.10. The highest BCUT2D eigenvalue weighted by atomic mass is 16.5. The maximum atomic E-state index is 5.24. The van der Waals surface area contributed by atoms with Crippen molar-refractivity contribution in [1.82, 2.24) is 25.0 Å². The van der Waals surface area contributed by atoms with Crippen molar-refractivity contribution in [1.29, 1.82) is 0 Å². The van der Waals surface area contributed by atoms with Crippen molar-refractivity contribution in [3.63, 3.8) is 0 Å². The van der Waals surface area contributed by atoms with E-state index in [0.29, 0.717) is 24.3 Å². The molecule has 6 nitrogen and oxygen atoms in total. The van der Waals surface area contributed by atoms with Gasteiger partial charge in [-0.25, -0.2) is 4.98 Å². The summed E-state index contributed by atoms with van der Waals surface area (Å²) in [4.78, 5) is 8.42. The molecule has 0 aliphatic heterocycles. The molecule has 6 heteroatoms. The minimum atomic E-state index is 0.596. The van der Waals surface area contributed by atoms with E-state index in [9.17, 15) is 0 Å². The average Bonchev–Trinajstić information content (AvgIpc) is 3.07. The normalized spacial score (nSPS) is 16.5. The first-order valence-corrected chi connectivity index (χ1v) is 6.35. The van der Waals surface area contributed by atoms with Gasteiger partial charge >= 0.3 is 0 Å². The van der Waals surface area contributed by atoms with Crippen LogP contribution in [0.25, 0.3) is 11.5 Å². The first-order chi connectivity index (χ1) is 8.83. The molecular formula is C12H17N5O. The van der Waals surface area contributed by atoms with Crippen molar-refractivity contribution in [3.8, 4) is 11.5 Å². The Hall–Kier alpha value is -1.69. The van der Waals surface area contributed by atoms with E-state index in [0.717, 1.165) is 5.69 Å². The molecule has 0 bridgehead atoms. The summed E-state index contributed by atoms with van der Waals surface area (Å²) in [6.45, 7) is 0.648. The number of hydrogen-bond donors (Lipinski definition) is 1. The zero-order valence-electron chi connectivity index (χ0n) is 10.5. The quantitative estimate of drug-likeness (QED) is 0.886. The topological polar surface area (TPSA) is 68.8 Å². The lowest BCUT2D eigenvalue weighted by molar-refractivity contribution is 0.357. The Morgan fingerprint density at radius 3 is 3.00 bits per heavy atom. The van der Waals surface area contributed by atoms with E-state index in [-0.39, 0.29) is 0 Å². The lowest BCUT2D eigenvalue weighted by atomic mass is 10.2. The minimum Gasteiger partial charge on any atom is -0.337 e. The smallest absolute Gasteiger partial charge is 0.240 e. The molecule has 1 saturated carbocycles. The molecule has 0 saturated heterocycles. The lowest BCUT2D eigenvalue weighted by Crippen LogP contribution is -2.25. The van der Waals surface area contributed by atoms with E-state index < -0.39 is 0 Å². The Balaban J connectivity index is 1.64. The van der Waals surface area contributed by atoms with Gasteiger partial charge in [-0.05, 0) is 12.8 Å². The molecule has 0 radical (unpaired) electrons. The van der Waals surface area contributed by atoms with Crippen LogP contribution in [-0.4, -0.2) is 25.7 Å². The number of hydrogen-bond acceptors (Lipinski definition) is 5. The van der Waals surface area contributed by atoms with Gasteiger partial charge in [-0.3, -0.25) is 0 Å². The van der Waals surface area contributed by atoms with Crippen molar-refractivity contribution in [2.75, 3.05) is 0 Å². The summed E-state index contributed by atoms with van der Waals surface area (Å²) in [6, 6.07) is 0.608. The van der Waals surface area contributed by atoms with Gasteiger partial charge in [0.1, 0.15) is 5.69 Å². The van der Waals surface area contributed by atoms with Gasteiger partial charge in [0.2, 0.25) is 11.7 Å². The van der Waals surface area contributed by atoms with Gasteiger partial charge in [0, 0.05) is 13.1 Å². The predicted octanol–water partition coefficient (Wildman–Crippen LogP) is 1.50. The van der Waals surface area contributed by atoms with Crippen LogP contribution in [0.3, 0.4) is 0 Å². The molecule has 96 valence electrons. The van der Waals surface area contributed by atoms with Gasteiger partial charge in [0.05, 0.1) is 19.1 Å². The zero-order valence-corrected chi connectivity index (χ0v) is 10.5. The average molecular weight is 247 g/mol. The lowest BCUT2D eigenvalue weighted by Gasteiger charge is -2.08. The highest BCUT2D eigenvalue weighted by Gasteiger charge is 2.16. The zero-order chi connectivity index (χ0) is 12.4. The third kappa shape index (κ3) is 2.28. The van der Waals surface area contributed by atoms with E-state index in [2.05, 4.69) is 20.4 Å². The largest absolute Gasteiger partial charge is 0.337 e.